The maximum Gasteiger partial charge on any atom is 0.309 e. The molecule has 1 unspecified atom stereocenters. The van der Waals surface area contributed by atoms with Crippen LogP contribution in [-0.2, 0) is 16.1 Å². The van der Waals surface area contributed by atoms with Gasteiger partial charge in [0.1, 0.15) is 0 Å². The Hall–Kier alpha value is -1.94. The molecule has 0 spiro atoms. The van der Waals surface area contributed by atoms with Gasteiger partial charge in [0.2, 0.25) is 0 Å². The molecule has 0 saturated heterocycles. The Bertz CT molecular complexity index is 598. The van der Waals surface area contributed by atoms with Crippen LogP contribution in [0.3, 0.4) is 0 Å². The Morgan fingerprint density at radius 2 is 2.05 bits per heavy atom. The van der Waals surface area contributed by atoms with E-state index in [1.807, 2.05) is 38.2 Å². The van der Waals surface area contributed by atoms with Crippen LogP contribution in [0.1, 0.15) is 12.6 Å². The van der Waals surface area contributed by atoms with E-state index < -0.39 is 0 Å². The van der Waals surface area contributed by atoms with E-state index in [1.54, 1.807) is 0 Å². The zero-order valence-electron chi connectivity index (χ0n) is 12.2. The predicted octanol–water partition coefficient (Wildman–Crippen LogP) is 2.48. The van der Waals surface area contributed by atoms with Crippen LogP contribution in [0.15, 0.2) is 36.4 Å². The van der Waals surface area contributed by atoms with Gasteiger partial charge in [-0.2, -0.15) is 0 Å². The average Bonchev–Trinajstić information content (AvgIpc) is 2.46. The summed E-state index contributed by atoms with van der Waals surface area (Å²) >= 11 is 0. The number of aromatic nitrogens is 1. The van der Waals surface area contributed by atoms with Crippen molar-refractivity contribution < 1.29 is 9.53 Å². The van der Waals surface area contributed by atoms with Gasteiger partial charge in [-0.1, -0.05) is 31.2 Å². The molecule has 0 aliphatic carbocycles. The van der Waals surface area contributed by atoms with Crippen LogP contribution in [0.4, 0.5) is 0 Å². The lowest BCUT2D eigenvalue weighted by molar-refractivity contribution is -0.145. The summed E-state index contributed by atoms with van der Waals surface area (Å²) in [6.45, 7) is 3.24. The summed E-state index contributed by atoms with van der Waals surface area (Å²) in [5, 5.41) is 1.14. The SMILES string of the molecule is COC(=O)C(C)CN(C)Cc1ccc2ccccc2n1. The lowest BCUT2D eigenvalue weighted by Gasteiger charge is -2.19. The number of hydrogen-bond donors (Lipinski definition) is 0. The fourth-order valence-corrected chi connectivity index (χ4v) is 2.28. The molecule has 0 saturated carbocycles. The largest absolute Gasteiger partial charge is 0.469 e. The highest BCUT2D eigenvalue weighted by molar-refractivity contribution is 5.78. The average molecular weight is 272 g/mol. The zero-order valence-corrected chi connectivity index (χ0v) is 12.2. The molecule has 0 amide bonds. The lowest BCUT2D eigenvalue weighted by Crippen LogP contribution is -2.29. The third-order valence-electron chi connectivity index (χ3n) is 3.28. The quantitative estimate of drug-likeness (QED) is 0.784. The Balaban J connectivity index is 2.02. The normalized spacial score (nSPS) is 12.6. The van der Waals surface area contributed by atoms with Gasteiger partial charge >= 0.3 is 5.97 Å². The van der Waals surface area contributed by atoms with Crippen molar-refractivity contribution in [2.24, 2.45) is 5.92 Å². The molecule has 0 radical (unpaired) electrons. The lowest BCUT2D eigenvalue weighted by atomic mass is 10.1. The van der Waals surface area contributed by atoms with Crippen molar-refractivity contribution in [3.05, 3.63) is 42.1 Å². The molecule has 1 aromatic carbocycles. The minimum absolute atomic E-state index is 0.134. The highest BCUT2D eigenvalue weighted by Crippen LogP contribution is 2.13. The molecular formula is C16H20N2O2. The summed E-state index contributed by atoms with van der Waals surface area (Å²) in [6, 6.07) is 12.2. The van der Waals surface area contributed by atoms with Crippen LogP contribution in [0.25, 0.3) is 10.9 Å². The smallest absolute Gasteiger partial charge is 0.309 e. The van der Waals surface area contributed by atoms with Crippen LogP contribution in [0.5, 0.6) is 0 Å². The summed E-state index contributed by atoms with van der Waals surface area (Å²) in [4.78, 5) is 18.1. The Morgan fingerprint density at radius 1 is 1.30 bits per heavy atom. The van der Waals surface area contributed by atoms with E-state index in [0.717, 1.165) is 16.6 Å². The molecule has 20 heavy (non-hydrogen) atoms. The van der Waals surface area contributed by atoms with Gasteiger partial charge in [0.25, 0.3) is 0 Å². The maximum absolute atomic E-state index is 11.4. The maximum atomic E-state index is 11.4. The third kappa shape index (κ3) is 3.54. The number of ether oxygens (including phenoxy) is 1. The molecule has 2 aromatic rings. The number of carbonyl (C=O) groups is 1. The molecular weight excluding hydrogens is 252 g/mol. The van der Waals surface area contributed by atoms with Crippen molar-refractivity contribution in [3.8, 4) is 0 Å². The molecule has 0 aliphatic rings. The van der Waals surface area contributed by atoms with E-state index in [9.17, 15) is 4.79 Å². The summed E-state index contributed by atoms with van der Waals surface area (Å²) in [5.74, 6) is -0.311. The predicted molar refractivity (Wildman–Crippen MR) is 79.3 cm³/mol. The topological polar surface area (TPSA) is 42.4 Å². The first-order valence-electron chi connectivity index (χ1n) is 6.71. The van der Waals surface area contributed by atoms with Crippen molar-refractivity contribution in [1.29, 1.82) is 0 Å². The highest BCUT2D eigenvalue weighted by atomic mass is 16.5. The Kier molecular flexibility index (Phi) is 4.69. The number of benzene rings is 1. The summed E-state index contributed by atoms with van der Waals surface area (Å²) < 4.78 is 4.74. The van der Waals surface area contributed by atoms with E-state index in [0.29, 0.717) is 13.1 Å². The van der Waals surface area contributed by atoms with Gasteiger partial charge < -0.3 is 4.74 Å². The Morgan fingerprint density at radius 3 is 2.80 bits per heavy atom. The van der Waals surface area contributed by atoms with Crippen molar-refractivity contribution in [1.82, 2.24) is 9.88 Å². The van der Waals surface area contributed by atoms with E-state index >= 15 is 0 Å². The molecule has 0 fully saturated rings. The minimum Gasteiger partial charge on any atom is -0.469 e. The van der Waals surface area contributed by atoms with Crippen molar-refractivity contribution in [3.63, 3.8) is 0 Å². The van der Waals surface area contributed by atoms with Crippen molar-refractivity contribution in [2.45, 2.75) is 13.5 Å². The first kappa shape index (κ1) is 14.5. The number of esters is 1. The monoisotopic (exact) mass is 272 g/mol. The van der Waals surface area contributed by atoms with Crippen LogP contribution < -0.4 is 0 Å². The first-order chi connectivity index (χ1) is 9.60. The van der Waals surface area contributed by atoms with Crippen LogP contribution in [0, 0.1) is 5.92 Å². The van der Waals surface area contributed by atoms with Gasteiger partial charge in [-0.3, -0.25) is 14.7 Å². The highest BCUT2D eigenvalue weighted by Gasteiger charge is 2.15. The number of carbonyl (C=O) groups excluding carboxylic acids is 1. The number of rotatable bonds is 5. The third-order valence-corrected chi connectivity index (χ3v) is 3.28. The molecule has 106 valence electrons. The molecule has 1 heterocycles. The molecule has 0 aliphatic heterocycles. The van der Waals surface area contributed by atoms with Crippen molar-refractivity contribution >= 4 is 16.9 Å². The molecule has 2 rings (SSSR count). The zero-order chi connectivity index (χ0) is 14.5. The van der Waals surface area contributed by atoms with Crippen LogP contribution >= 0.6 is 0 Å². The van der Waals surface area contributed by atoms with E-state index in [-0.39, 0.29) is 11.9 Å². The Labute approximate surface area is 119 Å². The van der Waals surface area contributed by atoms with Gasteiger partial charge in [0.15, 0.2) is 0 Å². The van der Waals surface area contributed by atoms with Crippen LogP contribution in [0.2, 0.25) is 0 Å². The number of methoxy groups -OCH3 is 1. The second-order valence-corrected chi connectivity index (χ2v) is 5.12. The molecule has 4 heteroatoms. The molecule has 0 bridgehead atoms. The fourth-order valence-electron chi connectivity index (χ4n) is 2.28. The van der Waals surface area contributed by atoms with Gasteiger partial charge in [-0.05, 0) is 19.2 Å². The van der Waals surface area contributed by atoms with Gasteiger partial charge in [0, 0.05) is 18.5 Å². The first-order valence-corrected chi connectivity index (χ1v) is 6.71. The number of fused-ring (bicyclic) bond motifs is 1. The second-order valence-electron chi connectivity index (χ2n) is 5.12. The van der Waals surface area contributed by atoms with Gasteiger partial charge in [-0.15, -0.1) is 0 Å². The van der Waals surface area contributed by atoms with E-state index in [4.69, 9.17) is 4.74 Å². The standard InChI is InChI=1S/C16H20N2O2/c1-12(16(19)20-3)10-18(2)11-14-9-8-13-6-4-5-7-15(13)17-14/h4-9,12H,10-11H2,1-3H3. The van der Waals surface area contributed by atoms with E-state index in [1.165, 1.54) is 7.11 Å². The second kappa shape index (κ2) is 6.48. The van der Waals surface area contributed by atoms with Crippen molar-refractivity contribution in [2.75, 3.05) is 20.7 Å². The number of pyridine rings is 1. The summed E-state index contributed by atoms with van der Waals surface area (Å²) in [7, 11) is 3.40. The fraction of sp³-hybridized carbons (Fsp3) is 0.375. The minimum atomic E-state index is -0.177. The summed E-state index contributed by atoms with van der Waals surface area (Å²) in [5.41, 5.74) is 2.00. The van der Waals surface area contributed by atoms with E-state index in [2.05, 4.69) is 22.0 Å². The molecule has 0 N–H and O–H groups in total. The van der Waals surface area contributed by atoms with Gasteiger partial charge in [0.05, 0.1) is 24.2 Å². The summed E-state index contributed by atoms with van der Waals surface area (Å²) in [6.07, 6.45) is 0. The molecule has 1 atom stereocenters. The number of para-hydroxylation sites is 1. The molecule has 4 nitrogen and oxygen atoms in total. The number of hydrogen-bond acceptors (Lipinski definition) is 4. The van der Waals surface area contributed by atoms with Crippen LogP contribution in [-0.4, -0.2) is 36.6 Å². The molecule has 1 aromatic heterocycles. The van der Waals surface area contributed by atoms with Gasteiger partial charge in [-0.25, -0.2) is 0 Å². The number of nitrogens with zero attached hydrogens (tertiary/aromatic N) is 2.